The zero-order valence-electron chi connectivity index (χ0n) is 11.3. The quantitative estimate of drug-likeness (QED) is 0.903. The van der Waals surface area contributed by atoms with Crippen LogP contribution in [0.2, 0.25) is 0 Å². The minimum Gasteiger partial charge on any atom is -0.313 e. The van der Waals surface area contributed by atoms with Gasteiger partial charge in [-0.3, -0.25) is 4.98 Å². The summed E-state index contributed by atoms with van der Waals surface area (Å²) in [6.45, 7) is 0. The Morgan fingerprint density at radius 2 is 2.00 bits per heavy atom. The number of nitrogens with zero attached hydrogens (tertiary/aromatic N) is 1. The molecule has 0 aliphatic heterocycles. The van der Waals surface area contributed by atoms with Gasteiger partial charge in [-0.1, -0.05) is 18.2 Å². The van der Waals surface area contributed by atoms with Crippen LogP contribution in [0, 0.1) is 17.8 Å². The highest BCUT2D eigenvalue weighted by Crippen LogP contribution is 2.57. The molecule has 1 N–H and O–H groups in total. The molecule has 2 aliphatic rings. The van der Waals surface area contributed by atoms with Crippen molar-refractivity contribution in [2.45, 2.75) is 25.3 Å². The number of aromatic nitrogens is 1. The van der Waals surface area contributed by atoms with Crippen LogP contribution in [0.3, 0.4) is 0 Å². The average molecular weight is 252 g/mol. The molecule has 3 unspecified atom stereocenters. The second-order valence-electron chi connectivity index (χ2n) is 6.21. The van der Waals surface area contributed by atoms with Crippen molar-refractivity contribution in [2.75, 3.05) is 7.05 Å². The Labute approximate surface area is 114 Å². The van der Waals surface area contributed by atoms with E-state index in [4.69, 9.17) is 0 Å². The molecule has 2 aromatic rings. The van der Waals surface area contributed by atoms with Gasteiger partial charge in [0.05, 0.1) is 5.52 Å². The molecule has 2 nitrogen and oxygen atoms in total. The van der Waals surface area contributed by atoms with Gasteiger partial charge >= 0.3 is 0 Å². The molecule has 4 rings (SSSR count). The molecule has 2 aliphatic carbocycles. The van der Waals surface area contributed by atoms with Crippen molar-refractivity contribution < 1.29 is 0 Å². The van der Waals surface area contributed by atoms with Crippen molar-refractivity contribution in [2.24, 2.45) is 17.8 Å². The standard InChI is InChI=1S/C17H20N2/c1-18-17(15-8-13-7-14(13)9-15)12-5-4-11-3-2-6-19-16(11)10-12/h2-6,10,13-15,17-18H,7-9H2,1H3. The predicted octanol–water partition coefficient (Wildman–Crippen LogP) is 3.54. The highest BCUT2D eigenvalue weighted by molar-refractivity contribution is 5.79. The van der Waals surface area contributed by atoms with Crippen LogP contribution in [-0.2, 0) is 0 Å². The van der Waals surface area contributed by atoms with Gasteiger partial charge in [0.1, 0.15) is 0 Å². The summed E-state index contributed by atoms with van der Waals surface area (Å²) in [7, 11) is 2.09. The number of nitrogens with one attached hydrogen (secondary N) is 1. The summed E-state index contributed by atoms with van der Waals surface area (Å²) in [5, 5.41) is 4.77. The van der Waals surface area contributed by atoms with E-state index in [0.29, 0.717) is 6.04 Å². The van der Waals surface area contributed by atoms with Crippen molar-refractivity contribution in [3.8, 4) is 0 Å². The van der Waals surface area contributed by atoms with Crippen LogP contribution in [0.1, 0.15) is 30.9 Å². The summed E-state index contributed by atoms with van der Waals surface area (Å²) in [5.41, 5.74) is 2.52. The number of pyridine rings is 1. The zero-order valence-corrected chi connectivity index (χ0v) is 11.3. The van der Waals surface area contributed by atoms with Gasteiger partial charge in [-0.15, -0.1) is 0 Å². The molecule has 0 spiro atoms. The first-order valence-electron chi connectivity index (χ1n) is 7.37. The fourth-order valence-corrected chi connectivity index (χ4v) is 3.99. The molecule has 0 radical (unpaired) electrons. The van der Waals surface area contributed by atoms with Gasteiger partial charge in [-0.05, 0) is 61.8 Å². The molecule has 1 aromatic heterocycles. The summed E-state index contributed by atoms with van der Waals surface area (Å²) >= 11 is 0. The van der Waals surface area contributed by atoms with Crippen molar-refractivity contribution in [1.82, 2.24) is 10.3 Å². The average Bonchev–Trinajstić information content (AvgIpc) is 3.06. The van der Waals surface area contributed by atoms with E-state index in [1.165, 1.54) is 30.2 Å². The Balaban J connectivity index is 1.67. The third-order valence-corrected chi connectivity index (χ3v) is 5.05. The zero-order chi connectivity index (χ0) is 12.8. The van der Waals surface area contributed by atoms with Crippen molar-refractivity contribution in [1.29, 1.82) is 0 Å². The molecule has 0 amide bonds. The maximum Gasteiger partial charge on any atom is 0.0705 e. The lowest BCUT2D eigenvalue weighted by molar-refractivity contribution is 0.360. The smallest absolute Gasteiger partial charge is 0.0705 e. The Hall–Kier alpha value is -1.41. The lowest BCUT2D eigenvalue weighted by atomic mass is 9.89. The maximum atomic E-state index is 4.48. The summed E-state index contributed by atoms with van der Waals surface area (Å²) in [6.07, 6.45) is 6.20. The first-order valence-corrected chi connectivity index (χ1v) is 7.37. The monoisotopic (exact) mass is 252 g/mol. The lowest BCUT2D eigenvalue weighted by Gasteiger charge is -2.25. The predicted molar refractivity (Wildman–Crippen MR) is 77.9 cm³/mol. The normalized spacial score (nSPS) is 30.3. The third-order valence-electron chi connectivity index (χ3n) is 5.05. The van der Waals surface area contributed by atoms with E-state index in [-0.39, 0.29) is 0 Å². The molecular formula is C17H20N2. The Bertz CT molecular complexity index is 597. The van der Waals surface area contributed by atoms with E-state index in [2.05, 4.69) is 41.6 Å². The first-order chi connectivity index (χ1) is 9.35. The van der Waals surface area contributed by atoms with Gasteiger partial charge < -0.3 is 5.32 Å². The molecule has 1 aromatic carbocycles. The van der Waals surface area contributed by atoms with E-state index in [1.54, 1.807) is 0 Å². The van der Waals surface area contributed by atoms with Crippen LogP contribution in [0.25, 0.3) is 10.9 Å². The molecule has 1 heterocycles. The number of fused-ring (bicyclic) bond motifs is 2. The van der Waals surface area contributed by atoms with Crippen molar-refractivity contribution in [3.63, 3.8) is 0 Å². The second kappa shape index (κ2) is 4.31. The fourth-order valence-electron chi connectivity index (χ4n) is 3.99. The van der Waals surface area contributed by atoms with Crippen molar-refractivity contribution >= 4 is 10.9 Å². The molecule has 2 saturated carbocycles. The fraction of sp³-hybridized carbons (Fsp3) is 0.471. The number of benzene rings is 1. The van der Waals surface area contributed by atoms with Crippen LogP contribution in [0.15, 0.2) is 36.5 Å². The van der Waals surface area contributed by atoms with Gasteiger partial charge in [0.25, 0.3) is 0 Å². The summed E-state index contributed by atoms with van der Waals surface area (Å²) in [5.74, 6) is 2.90. The molecule has 2 fully saturated rings. The van der Waals surface area contributed by atoms with Crippen LogP contribution < -0.4 is 5.32 Å². The molecule has 19 heavy (non-hydrogen) atoms. The summed E-state index contributed by atoms with van der Waals surface area (Å²) in [4.78, 5) is 4.48. The van der Waals surface area contributed by atoms with Gasteiger partial charge in [-0.2, -0.15) is 0 Å². The highest BCUT2D eigenvalue weighted by Gasteiger charge is 2.47. The van der Waals surface area contributed by atoms with Gasteiger partial charge in [-0.25, -0.2) is 0 Å². The summed E-state index contributed by atoms with van der Waals surface area (Å²) in [6, 6.07) is 11.4. The highest BCUT2D eigenvalue weighted by atomic mass is 14.9. The topological polar surface area (TPSA) is 24.9 Å². The lowest BCUT2D eigenvalue weighted by Crippen LogP contribution is -2.24. The first kappa shape index (κ1) is 11.4. The molecular weight excluding hydrogens is 232 g/mol. The van der Waals surface area contributed by atoms with E-state index in [9.17, 15) is 0 Å². The van der Waals surface area contributed by atoms with Gasteiger partial charge in [0.2, 0.25) is 0 Å². The van der Waals surface area contributed by atoms with Gasteiger partial charge in [0, 0.05) is 17.6 Å². The van der Waals surface area contributed by atoms with Gasteiger partial charge in [0.15, 0.2) is 0 Å². The molecule has 0 bridgehead atoms. The van der Waals surface area contributed by atoms with E-state index >= 15 is 0 Å². The Morgan fingerprint density at radius 3 is 2.79 bits per heavy atom. The molecule has 3 atom stereocenters. The minimum absolute atomic E-state index is 0.499. The maximum absolute atomic E-state index is 4.48. The van der Waals surface area contributed by atoms with Crippen molar-refractivity contribution in [3.05, 3.63) is 42.1 Å². The Morgan fingerprint density at radius 1 is 1.16 bits per heavy atom. The van der Waals surface area contributed by atoms with Crippen LogP contribution in [-0.4, -0.2) is 12.0 Å². The van der Waals surface area contributed by atoms with Crippen LogP contribution in [0.5, 0.6) is 0 Å². The summed E-state index contributed by atoms with van der Waals surface area (Å²) < 4.78 is 0. The van der Waals surface area contributed by atoms with Crippen LogP contribution in [0.4, 0.5) is 0 Å². The number of hydrogen-bond acceptors (Lipinski definition) is 2. The number of hydrogen-bond donors (Lipinski definition) is 1. The largest absolute Gasteiger partial charge is 0.313 e. The van der Waals surface area contributed by atoms with Crippen LogP contribution >= 0.6 is 0 Å². The second-order valence-corrected chi connectivity index (χ2v) is 6.21. The SMILES string of the molecule is CNC(c1ccc2cccnc2c1)C1CC2CC2C1. The van der Waals surface area contributed by atoms with E-state index in [1.807, 2.05) is 12.3 Å². The Kier molecular flexibility index (Phi) is 2.59. The molecule has 98 valence electrons. The van der Waals surface area contributed by atoms with E-state index in [0.717, 1.165) is 23.3 Å². The minimum atomic E-state index is 0.499. The number of rotatable bonds is 3. The third kappa shape index (κ3) is 1.95. The van der Waals surface area contributed by atoms with E-state index < -0.39 is 0 Å². The molecule has 0 saturated heterocycles. The molecule has 2 heteroatoms.